The minimum atomic E-state index is -1.18. The number of carbonyl (C=O) groups excluding carboxylic acids is 1. The van der Waals surface area contributed by atoms with Crippen molar-refractivity contribution in [2.75, 3.05) is 10.6 Å². The zero-order valence-corrected chi connectivity index (χ0v) is 16.6. The molecular formula is C21H28N4O3. The van der Waals surface area contributed by atoms with Crippen LogP contribution in [0.15, 0.2) is 36.7 Å². The number of carboxylic acid groups (broad SMARTS) is 1. The molecule has 1 aromatic heterocycles. The number of rotatable bonds is 4. The lowest BCUT2D eigenvalue weighted by Gasteiger charge is -2.29. The molecule has 28 heavy (non-hydrogen) atoms. The summed E-state index contributed by atoms with van der Waals surface area (Å²) in [6.45, 7) is 6.61. The number of anilines is 2. The number of hydrogen-bond donors (Lipinski definition) is 3. The van der Waals surface area contributed by atoms with Gasteiger partial charge in [-0.3, -0.25) is 4.79 Å². The molecule has 1 aromatic carbocycles. The number of hydrogen-bond acceptors (Lipinski definition) is 4. The van der Waals surface area contributed by atoms with Gasteiger partial charge in [-0.25, -0.2) is 4.79 Å². The quantitative estimate of drug-likeness (QED) is 0.730. The van der Waals surface area contributed by atoms with Gasteiger partial charge in [0.25, 0.3) is 0 Å². The van der Waals surface area contributed by atoms with E-state index in [0.717, 1.165) is 36.1 Å². The molecule has 1 heterocycles. The lowest BCUT2D eigenvalue weighted by molar-refractivity contribution is -0.120. The number of nitrogens with one attached hydrogen (secondary N) is 2. The topological polar surface area (TPSA) is 96.3 Å². The summed E-state index contributed by atoms with van der Waals surface area (Å²) >= 11 is 0. The van der Waals surface area contributed by atoms with E-state index in [4.69, 9.17) is 5.11 Å². The molecule has 0 aliphatic heterocycles. The third-order valence-electron chi connectivity index (χ3n) is 5.27. The van der Waals surface area contributed by atoms with Crippen LogP contribution in [0.25, 0.3) is 0 Å². The summed E-state index contributed by atoms with van der Waals surface area (Å²) in [6.07, 6.45) is 4.92. The summed E-state index contributed by atoms with van der Waals surface area (Å²) in [5.74, 6) is -0.132. The molecule has 1 aliphatic rings. The minimum absolute atomic E-state index is 0.0607. The molecular weight excluding hydrogens is 356 g/mol. The predicted molar refractivity (Wildman–Crippen MR) is 109 cm³/mol. The van der Waals surface area contributed by atoms with Crippen LogP contribution in [0.5, 0.6) is 0 Å². The first kappa shape index (κ1) is 19.9. The summed E-state index contributed by atoms with van der Waals surface area (Å²) in [6, 6.07) is 8.94. The van der Waals surface area contributed by atoms with Gasteiger partial charge in [0, 0.05) is 17.6 Å². The number of nitrogens with zero attached hydrogens (tertiary/aromatic N) is 2. The fraction of sp³-hybridized carbons (Fsp3) is 0.476. The maximum Gasteiger partial charge on any atom is 0.432 e. The van der Waals surface area contributed by atoms with E-state index in [-0.39, 0.29) is 17.2 Å². The van der Waals surface area contributed by atoms with Crippen LogP contribution in [0.1, 0.15) is 52.0 Å². The first-order chi connectivity index (χ1) is 13.2. The highest BCUT2D eigenvalue weighted by atomic mass is 16.4. The summed E-state index contributed by atoms with van der Waals surface area (Å²) in [5.41, 5.74) is 2.98. The van der Waals surface area contributed by atoms with Crippen molar-refractivity contribution in [3.8, 4) is 0 Å². The lowest BCUT2D eigenvalue weighted by Crippen LogP contribution is -2.32. The second-order valence-corrected chi connectivity index (χ2v) is 8.47. The van der Waals surface area contributed by atoms with Gasteiger partial charge in [-0.15, -0.1) is 0 Å². The molecule has 1 aliphatic carbocycles. The highest BCUT2D eigenvalue weighted by Gasteiger charge is 2.26. The van der Waals surface area contributed by atoms with Crippen molar-refractivity contribution in [1.82, 2.24) is 9.78 Å². The minimum Gasteiger partial charge on any atom is -0.463 e. The molecule has 3 rings (SSSR count). The van der Waals surface area contributed by atoms with Crippen molar-refractivity contribution in [3.63, 3.8) is 0 Å². The van der Waals surface area contributed by atoms with Crippen LogP contribution in [-0.2, 0) is 10.2 Å². The Labute approximate surface area is 165 Å². The third-order valence-corrected chi connectivity index (χ3v) is 5.27. The maximum absolute atomic E-state index is 12.4. The molecule has 2 aromatic rings. The molecule has 150 valence electrons. The fourth-order valence-corrected chi connectivity index (χ4v) is 3.54. The maximum atomic E-state index is 12.4. The van der Waals surface area contributed by atoms with Crippen LogP contribution in [-0.4, -0.2) is 32.9 Å². The van der Waals surface area contributed by atoms with E-state index in [0.29, 0.717) is 11.7 Å². The summed E-state index contributed by atoms with van der Waals surface area (Å²) < 4.78 is 0.779. The normalized spacial score (nSPS) is 19.8. The molecule has 0 unspecified atom stereocenters. The molecule has 0 radical (unpaired) electrons. The smallest absolute Gasteiger partial charge is 0.432 e. The predicted octanol–water partition coefficient (Wildman–Crippen LogP) is 4.32. The molecule has 7 nitrogen and oxygen atoms in total. The number of aromatic nitrogens is 2. The number of carbonyl (C=O) groups is 2. The van der Waals surface area contributed by atoms with Crippen LogP contribution in [0.3, 0.4) is 0 Å². The Balaban J connectivity index is 1.48. The molecule has 0 spiro atoms. The second-order valence-electron chi connectivity index (χ2n) is 8.47. The zero-order valence-electron chi connectivity index (χ0n) is 16.6. The van der Waals surface area contributed by atoms with Gasteiger partial charge in [0.05, 0.1) is 18.1 Å². The van der Waals surface area contributed by atoms with E-state index in [1.54, 1.807) is 0 Å². The van der Waals surface area contributed by atoms with E-state index in [1.165, 1.54) is 18.0 Å². The van der Waals surface area contributed by atoms with Gasteiger partial charge in [0.15, 0.2) is 0 Å². The van der Waals surface area contributed by atoms with Crippen LogP contribution < -0.4 is 10.6 Å². The molecule has 1 saturated carbocycles. The molecule has 0 saturated heterocycles. The monoisotopic (exact) mass is 384 g/mol. The second kappa shape index (κ2) is 8.04. The molecule has 3 N–H and O–H groups in total. The Morgan fingerprint density at radius 2 is 1.71 bits per heavy atom. The van der Waals surface area contributed by atoms with E-state index in [9.17, 15) is 9.59 Å². The van der Waals surface area contributed by atoms with Gasteiger partial charge in [-0.05, 0) is 48.8 Å². The fourth-order valence-electron chi connectivity index (χ4n) is 3.54. The van der Waals surface area contributed by atoms with Crippen LogP contribution in [0, 0.1) is 5.92 Å². The van der Waals surface area contributed by atoms with Crippen molar-refractivity contribution in [1.29, 1.82) is 0 Å². The van der Waals surface area contributed by atoms with Crippen LogP contribution in [0.2, 0.25) is 0 Å². The summed E-state index contributed by atoms with van der Waals surface area (Å²) in [4.78, 5) is 23.3. The Bertz CT molecular complexity index is 828. The Hall–Kier alpha value is -2.83. The Morgan fingerprint density at radius 3 is 2.25 bits per heavy atom. The molecule has 7 heteroatoms. The van der Waals surface area contributed by atoms with Crippen LogP contribution >= 0.6 is 0 Å². The highest BCUT2D eigenvalue weighted by molar-refractivity contribution is 5.92. The van der Waals surface area contributed by atoms with Crippen molar-refractivity contribution in [2.45, 2.75) is 57.9 Å². The van der Waals surface area contributed by atoms with E-state index >= 15 is 0 Å². The van der Waals surface area contributed by atoms with Crippen molar-refractivity contribution in [3.05, 3.63) is 42.2 Å². The van der Waals surface area contributed by atoms with Gasteiger partial charge in [-0.2, -0.15) is 9.78 Å². The van der Waals surface area contributed by atoms with Crippen molar-refractivity contribution < 1.29 is 14.7 Å². The van der Waals surface area contributed by atoms with E-state index < -0.39 is 6.09 Å². The summed E-state index contributed by atoms with van der Waals surface area (Å²) in [7, 11) is 0. The Morgan fingerprint density at radius 1 is 1.07 bits per heavy atom. The lowest BCUT2D eigenvalue weighted by atomic mass is 9.85. The van der Waals surface area contributed by atoms with Crippen molar-refractivity contribution in [2.24, 2.45) is 5.92 Å². The summed E-state index contributed by atoms with van der Waals surface area (Å²) in [5, 5.41) is 18.9. The molecule has 0 atom stereocenters. The first-order valence-corrected chi connectivity index (χ1v) is 9.68. The molecule has 1 amide bonds. The van der Waals surface area contributed by atoms with Gasteiger partial charge < -0.3 is 15.7 Å². The standard InChI is InChI=1S/C21H28N4O3/c1-21(2,3)15-6-10-17(11-7-15)23-16-8-4-14(5-9-16)19(26)24-18-12-22-25(13-18)20(27)28/h6-7,10-14,16,23H,4-5,8-9H2,1-3H3,(H,24,26)(H,27,28). The van der Waals surface area contributed by atoms with Gasteiger partial charge in [-0.1, -0.05) is 32.9 Å². The highest BCUT2D eigenvalue weighted by Crippen LogP contribution is 2.29. The van der Waals surface area contributed by atoms with Gasteiger partial charge in [0.1, 0.15) is 0 Å². The average Bonchev–Trinajstić information content (AvgIpc) is 3.11. The molecule has 0 bridgehead atoms. The third kappa shape index (κ3) is 4.91. The SMILES string of the molecule is CC(C)(C)c1ccc(NC2CCC(C(=O)Nc3cnn(C(=O)O)c3)CC2)cc1. The Kier molecular flexibility index (Phi) is 5.72. The van der Waals surface area contributed by atoms with Gasteiger partial charge >= 0.3 is 6.09 Å². The number of benzene rings is 1. The molecule has 1 fully saturated rings. The van der Waals surface area contributed by atoms with Crippen molar-refractivity contribution >= 4 is 23.4 Å². The van der Waals surface area contributed by atoms with E-state index in [1.807, 2.05) is 0 Å². The largest absolute Gasteiger partial charge is 0.463 e. The van der Waals surface area contributed by atoms with Crippen LogP contribution in [0.4, 0.5) is 16.2 Å². The first-order valence-electron chi connectivity index (χ1n) is 9.68. The van der Waals surface area contributed by atoms with Gasteiger partial charge in [0.2, 0.25) is 5.91 Å². The van der Waals surface area contributed by atoms with E-state index in [2.05, 4.69) is 60.8 Å². The zero-order chi connectivity index (χ0) is 20.3. The average molecular weight is 384 g/mol. The number of amides is 1.